The van der Waals surface area contributed by atoms with E-state index in [1.807, 2.05) is 12.1 Å². The summed E-state index contributed by atoms with van der Waals surface area (Å²) in [6, 6.07) is 43.6. The molecule has 53 heavy (non-hydrogen) atoms. The maximum Gasteiger partial charge on any atom is 0.238 e. The molecular weight excluding hydrogens is 645 g/mol. The first-order valence-electron chi connectivity index (χ1n) is 19.5. The smallest absolute Gasteiger partial charge is 0.238 e. The van der Waals surface area contributed by atoms with Gasteiger partial charge in [0.15, 0.2) is 11.6 Å². The van der Waals surface area contributed by atoms with Crippen molar-refractivity contribution < 1.29 is 0 Å². The fourth-order valence-electron chi connectivity index (χ4n) is 11.2. The van der Waals surface area contributed by atoms with Crippen molar-refractivity contribution >= 4 is 43.4 Å². The average molecular weight is 687 g/mol. The third kappa shape index (κ3) is 4.32. The van der Waals surface area contributed by atoms with E-state index in [-0.39, 0.29) is 10.8 Å². The van der Waals surface area contributed by atoms with Crippen molar-refractivity contribution in [2.45, 2.75) is 63.2 Å². The average Bonchev–Trinajstić information content (AvgIpc) is 3.66. The molecule has 0 bridgehead atoms. The van der Waals surface area contributed by atoms with Crippen LogP contribution in [0.15, 0.2) is 133 Å². The standard InChI is InChI=1S/C49H42N4/c1-31-24-27-39-48(2,30-31)42-36-22-12-13-23-37(36)44-41(43(42)49(39)28-14-5-15-29-49)40-35-21-11-10-16-32(35)25-26-38(40)53(44)47-51-45(33-17-6-3-7-18-33)50-46(52-47)34-19-8-4-9-20-34/h3-4,6-13,16-27,31,39H,5,14-15,28-30H2,1-2H3. The van der Waals surface area contributed by atoms with Gasteiger partial charge in [-0.05, 0) is 64.5 Å². The zero-order chi connectivity index (χ0) is 35.3. The van der Waals surface area contributed by atoms with Crippen molar-refractivity contribution in [1.82, 2.24) is 19.5 Å². The summed E-state index contributed by atoms with van der Waals surface area (Å²) in [5, 5.41) is 7.96. The molecule has 258 valence electrons. The predicted octanol–water partition coefficient (Wildman–Crippen LogP) is 12.3. The number of aromatic nitrogens is 4. The van der Waals surface area contributed by atoms with E-state index in [1.165, 1.54) is 76.4 Å². The first-order chi connectivity index (χ1) is 26.0. The quantitative estimate of drug-likeness (QED) is 0.174. The summed E-state index contributed by atoms with van der Waals surface area (Å²) >= 11 is 0. The molecule has 1 saturated carbocycles. The van der Waals surface area contributed by atoms with E-state index in [0.717, 1.165) is 16.6 Å². The van der Waals surface area contributed by atoms with Crippen LogP contribution in [0.5, 0.6) is 0 Å². The van der Waals surface area contributed by atoms with Crippen LogP contribution in [-0.2, 0) is 10.8 Å². The van der Waals surface area contributed by atoms with Crippen LogP contribution in [0.2, 0.25) is 0 Å². The van der Waals surface area contributed by atoms with Crippen LogP contribution < -0.4 is 0 Å². The second kappa shape index (κ2) is 11.4. The number of nitrogens with zero attached hydrogens (tertiary/aromatic N) is 4. The highest BCUT2D eigenvalue weighted by atomic mass is 15.2. The Morgan fingerprint density at radius 3 is 1.91 bits per heavy atom. The Hall–Kier alpha value is -5.61. The SMILES string of the molecule is CC1C=CC2C(C)(C1)c1c(c3c4c5ccccc5ccc4n(-c4nc(-c5ccccc5)nc(-c5ccccc5)n4)c3c3ccccc13)C21CCCCC1. The Morgan fingerprint density at radius 1 is 0.585 bits per heavy atom. The van der Waals surface area contributed by atoms with Gasteiger partial charge >= 0.3 is 0 Å². The molecule has 3 atom stereocenters. The molecule has 4 nitrogen and oxygen atoms in total. The molecule has 3 aliphatic carbocycles. The van der Waals surface area contributed by atoms with E-state index in [0.29, 0.717) is 29.4 Å². The Bertz CT molecular complexity index is 2710. The van der Waals surface area contributed by atoms with Crippen LogP contribution in [0, 0.1) is 11.8 Å². The molecule has 1 spiro atoms. The molecule has 1 fully saturated rings. The number of rotatable bonds is 3. The van der Waals surface area contributed by atoms with Gasteiger partial charge in [-0.25, -0.2) is 4.98 Å². The number of benzene rings is 6. The molecular formula is C49H42N4. The number of hydrogen-bond donors (Lipinski definition) is 0. The van der Waals surface area contributed by atoms with Crippen LogP contribution in [0.4, 0.5) is 0 Å². The van der Waals surface area contributed by atoms with Crippen LogP contribution in [0.25, 0.3) is 72.1 Å². The van der Waals surface area contributed by atoms with Crippen molar-refractivity contribution in [3.05, 3.63) is 145 Å². The number of hydrogen-bond acceptors (Lipinski definition) is 3. The van der Waals surface area contributed by atoms with E-state index in [2.05, 4.69) is 140 Å². The summed E-state index contributed by atoms with van der Waals surface area (Å²) in [5.74, 6) is 3.02. The largest absolute Gasteiger partial charge is 0.277 e. The van der Waals surface area contributed by atoms with Crippen LogP contribution in [0.3, 0.4) is 0 Å². The summed E-state index contributed by atoms with van der Waals surface area (Å²) in [5.41, 5.74) is 7.64. The van der Waals surface area contributed by atoms with E-state index in [9.17, 15) is 0 Å². The molecule has 0 saturated heterocycles. The molecule has 0 amide bonds. The molecule has 0 N–H and O–H groups in total. The van der Waals surface area contributed by atoms with Crippen LogP contribution in [-0.4, -0.2) is 19.5 Å². The number of fused-ring (bicyclic) bond motifs is 14. The third-order valence-corrected chi connectivity index (χ3v) is 13.2. The van der Waals surface area contributed by atoms with Gasteiger partial charge in [0.05, 0.1) is 11.0 Å². The molecule has 2 aromatic heterocycles. The molecule has 0 aliphatic heterocycles. The second-order valence-electron chi connectivity index (χ2n) is 16.2. The van der Waals surface area contributed by atoms with Crippen molar-refractivity contribution in [3.8, 4) is 28.7 Å². The molecule has 6 aromatic carbocycles. The first-order valence-corrected chi connectivity index (χ1v) is 19.5. The van der Waals surface area contributed by atoms with Gasteiger partial charge in [0.25, 0.3) is 0 Å². The van der Waals surface area contributed by atoms with Gasteiger partial charge in [-0.1, -0.05) is 161 Å². The Kier molecular flexibility index (Phi) is 6.69. The van der Waals surface area contributed by atoms with Crippen molar-refractivity contribution in [2.75, 3.05) is 0 Å². The predicted molar refractivity (Wildman–Crippen MR) is 219 cm³/mol. The van der Waals surface area contributed by atoms with E-state index in [4.69, 9.17) is 15.0 Å². The van der Waals surface area contributed by atoms with Gasteiger partial charge in [0.2, 0.25) is 5.95 Å². The van der Waals surface area contributed by atoms with Crippen molar-refractivity contribution in [2.24, 2.45) is 11.8 Å². The van der Waals surface area contributed by atoms with E-state index in [1.54, 1.807) is 11.1 Å². The summed E-state index contributed by atoms with van der Waals surface area (Å²) in [6.45, 7) is 5.03. The monoisotopic (exact) mass is 686 g/mol. The minimum atomic E-state index is 0.0434. The topological polar surface area (TPSA) is 43.6 Å². The van der Waals surface area contributed by atoms with Gasteiger partial charge < -0.3 is 0 Å². The maximum absolute atomic E-state index is 5.38. The molecule has 4 heteroatoms. The molecule has 2 heterocycles. The summed E-state index contributed by atoms with van der Waals surface area (Å²) in [6.07, 6.45) is 12.7. The van der Waals surface area contributed by atoms with E-state index >= 15 is 0 Å². The summed E-state index contributed by atoms with van der Waals surface area (Å²) in [4.78, 5) is 15.9. The zero-order valence-corrected chi connectivity index (χ0v) is 30.4. The molecule has 3 aliphatic rings. The van der Waals surface area contributed by atoms with Gasteiger partial charge in [-0.15, -0.1) is 0 Å². The zero-order valence-electron chi connectivity index (χ0n) is 30.4. The lowest BCUT2D eigenvalue weighted by atomic mass is 9.57. The highest BCUT2D eigenvalue weighted by molar-refractivity contribution is 6.28. The molecule has 3 unspecified atom stereocenters. The molecule has 11 rings (SSSR count). The minimum absolute atomic E-state index is 0.0434. The lowest BCUT2D eigenvalue weighted by molar-refractivity contribution is 0.163. The van der Waals surface area contributed by atoms with Gasteiger partial charge in [-0.2, -0.15) is 9.97 Å². The highest BCUT2D eigenvalue weighted by Gasteiger charge is 2.59. The second-order valence-corrected chi connectivity index (χ2v) is 16.2. The Morgan fingerprint density at radius 2 is 1.21 bits per heavy atom. The summed E-state index contributed by atoms with van der Waals surface area (Å²) in [7, 11) is 0. The fourth-order valence-corrected chi connectivity index (χ4v) is 11.2. The Labute approximate surface area is 310 Å². The number of allylic oxidation sites excluding steroid dienone is 2. The highest BCUT2D eigenvalue weighted by Crippen LogP contribution is 2.67. The van der Waals surface area contributed by atoms with Gasteiger partial charge in [-0.3, -0.25) is 4.57 Å². The van der Waals surface area contributed by atoms with Crippen LogP contribution >= 0.6 is 0 Å². The fraction of sp³-hybridized carbons (Fsp3) is 0.245. The Balaban J connectivity index is 1.37. The lowest BCUT2D eigenvalue weighted by Crippen LogP contribution is -2.42. The van der Waals surface area contributed by atoms with Gasteiger partial charge in [0, 0.05) is 38.1 Å². The van der Waals surface area contributed by atoms with Gasteiger partial charge in [0.1, 0.15) is 0 Å². The third-order valence-electron chi connectivity index (χ3n) is 13.2. The van der Waals surface area contributed by atoms with Crippen molar-refractivity contribution in [3.63, 3.8) is 0 Å². The lowest BCUT2D eigenvalue weighted by Gasteiger charge is -2.46. The maximum atomic E-state index is 5.38. The van der Waals surface area contributed by atoms with E-state index < -0.39 is 0 Å². The van der Waals surface area contributed by atoms with Crippen LogP contribution in [0.1, 0.15) is 63.5 Å². The normalized spacial score (nSPS) is 21.8. The minimum Gasteiger partial charge on any atom is -0.277 e. The molecule has 8 aromatic rings. The summed E-state index contributed by atoms with van der Waals surface area (Å²) < 4.78 is 2.40. The first kappa shape index (κ1) is 31.0. The van der Waals surface area contributed by atoms with Crippen molar-refractivity contribution in [1.29, 1.82) is 0 Å². The molecule has 0 radical (unpaired) electrons.